The van der Waals surface area contributed by atoms with Crippen molar-refractivity contribution in [1.82, 2.24) is 14.3 Å². The van der Waals surface area contributed by atoms with Crippen LogP contribution >= 0.6 is 0 Å². The molecule has 0 aliphatic carbocycles. The number of nitrogen functional groups attached to an aromatic ring is 1. The third-order valence-corrected chi connectivity index (χ3v) is 3.42. The maximum Gasteiger partial charge on any atom is 0.128 e. The van der Waals surface area contributed by atoms with E-state index in [1.807, 2.05) is 26.2 Å². The molecule has 0 aliphatic rings. The zero-order chi connectivity index (χ0) is 13.6. The summed E-state index contributed by atoms with van der Waals surface area (Å²) in [7, 11) is 5.58. The molecule has 98 valence electrons. The quantitative estimate of drug-likeness (QED) is 0.764. The summed E-state index contributed by atoms with van der Waals surface area (Å²) in [5.74, 6) is 0.841. The number of fused-ring (bicyclic) bond motifs is 1. The van der Waals surface area contributed by atoms with Crippen LogP contribution in [0, 0.1) is 0 Å². The Morgan fingerprint density at radius 1 is 1.26 bits per heavy atom. The number of anilines is 1. The van der Waals surface area contributed by atoms with Crippen molar-refractivity contribution in [1.29, 1.82) is 0 Å². The molecule has 0 radical (unpaired) electrons. The van der Waals surface area contributed by atoms with Crippen molar-refractivity contribution in [2.45, 2.75) is 0 Å². The van der Waals surface area contributed by atoms with Gasteiger partial charge in [-0.2, -0.15) is 5.10 Å². The molecule has 5 nitrogen and oxygen atoms in total. The van der Waals surface area contributed by atoms with Gasteiger partial charge in [-0.3, -0.25) is 4.68 Å². The van der Waals surface area contributed by atoms with Crippen molar-refractivity contribution in [3.8, 4) is 17.0 Å². The minimum atomic E-state index is 0.668. The van der Waals surface area contributed by atoms with Gasteiger partial charge in [-0.25, -0.2) is 0 Å². The van der Waals surface area contributed by atoms with Gasteiger partial charge in [0.1, 0.15) is 5.75 Å². The molecule has 0 amide bonds. The van der Waals surface area contributed by atoms with Crippen LogP contribution in [-0.4, -0.2) is 21.5 Å². The van der Waals surface area contributed by atoms with Crippen molar-refractivity contribution in [2.75, 3.05) is 12.8 Å². The first-order chi connectivity index (χ1) is 9.13. The second-order valence-electron chi connectivity index (χ2n) is 4.58. The normalized spacial score (nSPS) is 11.1. The van der Waals surface area contributed by atoms with Gasteiger partial charge in [0, 0.05) is 25.9 Å². The van der Waals surface area contributed by atoms with E-state index in [9.17, 15) is 0 Å². The van der Waals surface area contributed by atoms with Crippen LogP contribution in [0.2, 0.25) is 0 Å². The SMILES string of the molecule is COc1cccc2c1c(-c1c(N)cnn1C)cn2C. The lowest BCUT2D eigenvalue weighted by Crippen LogP contribution is -1.95. The Hall–Kier alpha value is -2.43. The minimum absolute atomic E-state index is 0.668. The number of hydrogen-bond donors (Lipinski definition) is 1. The Morgan fingerprint density at radius 2 is 2.05 bits per heavy atom. The molecule has 3 aromatic rings. The summed E-state index contributed by atoms with van der Waals surface area (Å²) >= 11 is 0. The van der Waals surface area contributed by atoms with E-state index in [1.165, 1.54) is 0 Å². The number of rotatable bonds is 2. The maximum atomic E-state index is 6.03. The molecule has 0 unspecified atom stereocenters. The average molecular weight is 256 g/mol. The molecule has 0 saturated heterocycles. The topological polar surface area (TPSA) is 58.0 Å². The van der Waals surface area contributed by atoms with Gasteiger partial charge in [0.25, 0.3) is 0 Å². The Kier molecular flexibility index (Phi) is 2.48. The number of hydrogen-bond acceptors (Lipinski definition) is 3. The number of nitrogens with zero attached hydrogens (tertiary/aromatic N) is 3. The maximum absolute atomic E-state index is 6.03. The molecular formula is C14H16N4O. The molecule has 19 heavy (non-hydrogen) atoms. The fraction of sp³-hybridized carbons (Fsp3) is 0.214. The van der Waals surface area contributed by atoms with Crippen LogP contribution in [-0.2, 0) is 14.1 Å². The molecule has 1 aromatic carbocycles. The number of aromatic nitrogens is 3. The molecule has 2 aromatic heterocycles. The molecule has 2 N–H and O–H groups in total. The number of nitrogens with two attached hydrogens (primary N) is 1. The van der Waals surface area contributed by atoms with Crippen LogP contribution in [0.25, 0.3) is 22.2 Å². The van der Waals surface area contributed by atoms with Crippen molar-refractivity contribution >= 4 is 16.6 Å². The summed E-state index contributed by atoms with van der Waals surface area (Å²) in [5.41, 5.74) is 9.75. The highest BCUT2D eigenvalue weighted by molar-refractivity contribution is 6.01. The van der Waals surface area contributed by atoms with Crippen molar-refractivity contribution in [3.63, 3.8) is 0 Å². The molecule has 5 heteroatoms. The van der Waals surface area contributed by atoms with Crippen molar-refractivity contribution < 1.29 is 4.74 Å². The lowest BCUT2D eigenvalue weighted by Gasteiger charge is -2.06. The first-order valence-corrected chi connectivity index (χ1v) is 6.03. The monoisotopic (exact) mass is 256 g/mol. The molecule has 0 atom stereocenters. The summed E-state index contributed by atoms with van der Waals surface area (Å²) in [5, 5.41) is 5.26. The largest absolute Gasteiger partial charge is 0.496 e. The Bertz CT molecular complexity index is 735. The van der Waals surface area contributed by atoms with E-state index in [-0.39, 0.29) is 0 Å². The second-order valence-corrected chi connectivity index (χ2v) is 4.58. The van der Waals surface area contributed by atoms with E-state index in [0.717, 1.165) is 27.9 Å². The third kappa shape index (κ3) is 1.58. The number of aryl methyl sites for hydroxylation is 2. The fourth-order valence-electron chi connectivity index (χ4n) is 2.55. The van der Waals surface area contributed by atoms with Gasteiger partial charge in [-0.05, 0) is 12.1 Å². The van der Waals surface area contributed by atoms with E-state index in [2.05, 4.69) is 21.9 Å². The Morgan fingerprint density at radius 3 is 2.68 bits per heavy atom. The third-order valence-electron chi connectivity index (χ3n) is 3.42. The van der Waals surface area contributed by atoms with Gasteiger partial charge in [-0.15, -0.1) is 0 Å². The van der Waals surface area contributed by atoms with Crippen molar-refractivity contribution in [2.24, 2.45) is 14.1 Å². The molecule has 0 aliphatic heterocycles. The Balaban J connectivity index is 2.42. The minimum Gasteiger partial charge on any atom is -0.496 e. The summed E-state index contributed by atoms with van der Waals surface area (Å²) in [6.07, 6.45) is 3.73. The number of methoxy groups -OCH3 is 1. The summed E-state index contributed by atoms with van der Waals surface area (Å²) < 4.78 is 9.33. The smallest absolute Gasteiger partial charge is 0.128 e. The van der Waals surface area contributed by atoms with Crippen LogP contribution < -0.4 is 10.5 Å². The average Bonchev–Trinajstić information content (AvgIpc) is 2.90. The molecule has 3 rings (SSSR count). The second kappa shape index (κ2) is 4.05. The lowest BCUT2D eigenvalue weighted by molar-refractivity contribution is 0.420. The van der Waals surface area contributed by atoms with Gasteiger partial charge >= 0.3 is 0 Å². The predicted molar refractivity (Wildman–Crippen MR) is 76.1 cm³/mol. The molecular weight excluding hydrogens is 240 g/mol. The van der Waals surface area contributed by atoms with Gasteiger partial charge in [-0.1, -0.05) is 6.07 Å². The summed E-state index contributed by atoms with van der Waals surface area (Å²) in [6, 6.07) is 6.00. The molecule has 0 saturated carbocycles. The molecule has 0 spiro atoms. The lowest BCUT2D eigenvalue weighted by atomic mass is 10.1. The van der Waals surface area contributed by atoms with Crippen LogP contribution in [0.15, 0.2) is 30.6 Å². The highest BCUT2D eigenvalue weighted by Crippen LogP contribution is 2.38. The van der Waals surface area contributed by atoms with Gasteiger partial charge in [0.2, 0.25) is 0 Å². The van der Waals surface area contributed by atoms with E-state index < -0.39 is 0 Å². The van der Waals surface area contributed by atoms with Crippen LogP contribution in [0.5, 0.6) is 5.75 Å². The van der Waals surface area contributed by atoms with Gasteiger partial charge in [0.05, 0.1) is 35.6 Å². The number of ether oxygens (including phenoxy) is 1. The Labute approximate surface area is 111 Å². The molecule has 0 fully saturated rings. The van der Waals surface area contributed by atoms with E-state index in [0.29, 0.717) is 5.69 Å². The standard InChI is InChI=1S/C14H16N4O/c1-17-8-9(14-10(15)7-16-18(14)2)13-11(17)5-4-6-12(13)19-3/h4-8H,15H2,1-3H3. The highest BCUT2D eigenvalue weighted by atomic mass is 16.5. The van der Waals surface area contributed by atoms with E-state index in [4.69, 9.17) is 10.5 Å². The van der Waals surface area contributed by atoms with Crippen LogP contribution in [0.4, 0.5) is 5.69 Å². The van der Waals surface area contributed by atoms with Gasteiger partial charge < -0.3 is 15.0 Å². The van der Waals surface area contributed by atoms with E-state index in [1.54, 1.807) is 18.0 Å². The first kappa shape index (κ1) is 11.6. The first-order valence-electron chi connectivity index (χ1n) is 6.03. The molecule has 0 bridgehead atoms. The fourth-order valence-corrected chi connectivity index (χ4v) is 2.55. The van der Waals surface area contributed by atoms with Crippen LogP contribution in [0.3, 0.4) is 0 Å². The summed E-state index contributed by atoms with van der Waals surface area (Å²) in [6.45, 7) is 0. The zero-order valence-electron chi connectivity index (χ0n) is 11.2. The highest BCUT2D eigenvalue weighted by Gasteiger charge is 2.17. The van der Waals surface area contributed by atoms with E-state index >= 15 is 0 Å². The predicted octanol–water partition coefficient (Wildman–Crippen LogP) is 2.17. The molecule has 2 heterocycles. The summed E-state index contributed by atoms with van der Waals surface area (Å²) in [4.78, 5) is 0. The van der Waals surface area contributed by atoms with Crippen LogP contribution in [0.1, 0.15) is 0 Å². The zero-order valence-corrected chi connectivity index (χ0v) is 11.2. The van der Waals surface area contributed by atoms with Crippen molar-refractivity contribution in [3.05, 3.63) is 30.6 Å². The van der Waals surface area contributed by atoms with Gasteiger partial charge in [0.15, 0.2) is 0 Å². The number of benzene rings is 1.